The number of rotatable bonds is 4. The van der Waals surface area contributed by atoms with Crippen molar-refractivity contribution in [1.82, 2.24) is 10.3 Å². The van der Waals surface area contributed by atoms with Gasteiger partial charge in [0.2, 0.25) is 11.8 Å². The molecule has 5 nitrogen and oxygen atoms in total. The average molecular weight is 336 g/mol. The Labute approximate surface area is 116 Å². The van der Waals surface area contributed by atoms with Gasteiger partial charge in [0.15, 0.2) is 5.69 Å². The van der Waals surface area contributed by atoms with E-state index in [1.807, 2.05) is 0 Å². The summed E-state index contributed by atoms with van der Waals surface area (Å²) in [5.41, 5.74) is -0.424. The monoisotopic (exact) mass is 336 g/mol. The number of carboxylic acids is 1. The molecule has 1 rings (SSSR count). The molecule has 12 heteroatoms. The molecule has 0 aliphatic rings. The zero-order valence-electron chi connectivity index (χ0n) is 9.75. The molecule has 1 aromatic rings. The standard InChI is InChI=1S/C9H6F6N2O3S/c10-8(11,12)5(9(13,14)15)6(18)16-1-4-17-3(2-21-4)7(19)20/h2,5H,1H2,(H,16,18)(H,19,20). The van der Waals surface area contributed by atoms with E-state index in [0.29, 0.717) is 11.3 Å². The highest BCUT2D eigenvalue weighted by Crippen LogP contribution is 2.39. The van der Waals surface area contributed by atoms with Gasteiger partial charge in [0, 0.05) is 5.38 Å². The Balaban J connectivity index is 2.76. The van der Waals surface area contributed by atoms with Crippen molar-refractivity contribution in [1.29, 1.82) is 0 Å². The van der Waals surface area contributed by atoms with Crippen molar-refractivity contribution >= 4 is 23.2 Å². The minimum absolute atomic E-state index is 0.135. The van der Waals surface area contributed by atoms with E-state index >= 15 is 0 Å². The van der Waals surface area contributed by atoms with Crippen LogP contribution in [0.3, 0.4) is 0 Å². The summed E-state index contributed by atoms with van der Waals surface area (Å²) in [6, 6.07) is 0. The summed E-state index contributed by atoms with van der Waals surface area (Å²) in [5.74, 6) is -7.83. The molecule has 0 bridgehead atoms. The van der Waals surface area contributed by atoms with Gasteiger partial charge in [-0.3, -0.25) is 4.79 Å². The predicted molar refractivity (Wildman–Crippen MR) is 56.5 cm³/mol. The van der Waals surface area contributed by atoms with Gasteiger partial charge >= 0.3 is 18.3 Å². The number of aromatic carboxylic acids is 1. The quantitative estimate of drug-likeness (QED) is 0.826. The van der Waals surface area contributed by atoms with Crippen molar-refractivity contribution in [3.8, 4) is 0 Å². The second-order valence-corrected chi connectivity index (χ2v) is 4.61. The molecule has 0 saturated carbocycles. The summed E-state index contributed by atoms with van der Waals surface area (Å²) in [6.45, 7) is -0.737. The SMILES string of the molecule is O=C(O)c1csc(CNC(=O)C(C(F)(F)F)C(F)(F)F)n1. The summed E-state index contributed by atoms with van der Waals surface area (Å²) in [7, 11) is 0. The molecule has 1 amide bonds. The number of alkyl halides is 6. The van der Waals surface area contributed by atoms with Crippen molar-refractivity contribution in [2.45, 2.75) is 18.9 Å². The minimum atomic E-state index is -5.78. The third-order valence-corrected chi connectivity index (χ3v) is 2.95. The van der Waals surface area contributed by atoms with E-state index in [1.54, 1.807) is 0 Å². The van der Waals surface area contributed by atoms with Crippen LogP contribution in [0.1, 0.15) is 15.5 Å². The Morgan fingerprint density at radius 2 is 1.76 bits per heavy atom. The molecule has 0 radical (unpaired) electrons. The molecule has 0 fully saturated rings. The van der Waals surface area contributed by atoms with Gasteiger partial charge in [0.25, 0.3) is 0 Å². The van der Waals surface area contributed by atoms with Crippen LogP contribution in [0.4, 0.5) is 26.3 Å². The van der Waals surface area contributed by atoms with Gasteiger partial charge in [-0.2, -0.15) is 26.3 Å². The molecular weight excluding hydrogens is 330 g/mol. The first-order chi connectivity index (χ1) is 9.43. The fourth-order valence-electron chi connectivity index (χ4n) is 1.24. The largest absolute Gasteiger partial charge is 0.476 e. The summed E-state index contributed by atoms with van der Waals surface area (Å²) in [4.78, 5) is 25.0. The van der Waals surface area contributed by atoms with Gasteiger partial charge in [0.05, 0.1) is 6.54 Å². The van der Waals surface area contributed by atoms with Crippen molar-refractivity contribution in [3.63, 3.8) is 0 Å². The lowest BCUT2D eigenvalue weighted by Crippen LogP contribution is -2.47. The maximum atomic E-state index is 12.2. The number of nitrogens with one attached hydrogen (secondary N) is 1. The Morgan fingerprint density at radius 3 is 2.14 bits per heavy atom. The average Bonchev–Trinajstić information content (AvgIpc) is 2.70. The second kappa shape index (κ2) is 5.87. The van der Waals surface area contributed by atoms with Crippen LogP contribution in [-0.2, 0) is 11.3 Å². The summed E-state index contributed by atoms with van der Waals surface area (Å²) >= 11 is 0.677. The van der Waals surface area contributed by atoms with Crippen LogP contribution in [0.2, 0.25) is 0 Å². The lowest BCUT2D eigenvalue weighted by atomic mass is 10.1. The topological polar surface area (TPSA) is 79.3 Å². The molecule has 0 aliphatic heterocycles. The Kier molecular flexibility index (Phi) is 4.81. The van der Waals surface area contributed by atoms with Crippen molar-refractivity contribution in [3.05, 3.63) is 16.1 Å². The molecular formula is C9H6F6N2O3S. The van der Waals surface area contributed by atoms with Gasteiger partial charge in [0.1, 0.15) is 5.01 Å². The highest BCUT2D eigenvalue weighted by molar-refractivity contribution is 7.09. The van der Waals surface area contributed by atoms with Crippen LogP contribution in [0.5, 0.6) is 0 Å². The van der Waals surface area contributed by atoms with Gasteiger partial charge in [-0.05, 0) is 0 Å². The van der Waals surface area contributed by atoms with Crippen molar-refractivity contribution in [2.75, 3.05) is 0 Å². The van der Waals surface area contributed by atoms with Gasteiger partial charge in [-0.15, -0.1) is 11.3 Å². The molecule has 118 valence electrons. The van der Waals surface area contributed by atoms with E-state index in [1.165, 1.54) is 5.32 Å². The van der Waals surface area contributed by atoms with Gasteiger partial charge < -0.3 is 10.4 Å². The van der Waals surface area contributed by atoms with Crippen LogP contribution in [0.15, 0.2) is 5.38 Å². The van der Waals surface area contributed by atoms with Crippen LogP contribution in [0.25, 0.3) is 0 Å². The predicted octanol–water partition coefficient (Wildman–Crippen LogP) is 2.20. The molecule has 0 unspecified atom stereocenters. The number of hydrogen-bond donors (Lipinski definition) is 2. The van der Waals surface area contributed by atoms with Crippen LogP contribution in [-0.4, -0.2) is 34.3 Å². The number of halogens is 6. The Hall–Kier alpha value is -1.85. The van der Waals surface area contributed by atoms with E-state index in [-0.39, 0.29) is 5.01 Å². The third kappa shape index (κ3) is 4.58. The molecule has 0 spiro atoms. The Morgan fingerprint density at radius 1 is 1.24 bits per heavy atom. The molecule has 0 aliphatic carbocycles. The number of amides is 1. The normalized spacial score (nSPS) is 12.5. The minimum Gasteiger partial charge on any atom is -0.476 e. The number of thiazole rings is 1. The van der Waals surface area contributed by atoms with Crippen molar-refractivity contribution in [2.24, 2.45) is 5.92 Å². The first kappa shape index (κ1) is 17.2. The molecule has 1 heterocycles. The highest BCUT2D eigenvalue weighted by atomic mass is 32.1. The summed E-state index contributed by atoms with van der Waals surface area (Å²) < 4.78 is 73.4. The first-order valence-electron chi connectivity index (χ1n) is 5.01. The molecule has 0 aromatic carbocycles. The molecule has 2 N–H and O–H groups in total. The van der Waals surface area contributed by atoms with Gasteiger partial charge in [-0.1, -0.05) is 0 Å². The number of carboxylic acid groups (broad SMARTS) is 1. The summed E-state index contributed by atoms with van der Waals surface area (Å²) in [6.07, 6.45) is -11.6. The summed E-state index contributed by atoms with van der Waals surface area (Å²) in [5, 5.41) is 10.9. The van der Waals surface area contributed by atoms with Crippen LogP contribution >= 0.6 is 11.3 Å². The smallest absolute Gasteiger partial charge is 0.409 e. The van der Waals surface area contributed by atoms with E-state index in [0.717, 1.165) is 5.38 Å². The first-order valence-corrected chi connectivity index (χ1v) is 5.89. The maximum absolute atomic E-state index is 12.2. The zero-order valence-corrected chi connectivity index (χ0v) is 10.6. The van der Waals surface area contributed by atoms with E-state index in [2.05, 4.69) is 4.98 Å². The molecule has 0 saturated heterocycles. The third-order valence-electron chi connectivity index (χ3n) is 2.10. The molecule has 0 atom stereocenters. The Bertz CT molecular complexity index is 524. The zero-order chi connectivity index (χ0) is 16.4. The second-order valence-electron chi connectivity index (χ2n) is 3.67. The van der Waals surface area contributed by atoms with E-state index in [4.69, 9.17) is 5.11 Å². The van der Waals surface area contributed by atoms with Crippen LogP contribution in [0, 0.1) is 5.92 Å². The fourth-order valence-corrected chi connectivity index (χ4v) is 1.95. The van der Waals surface area contributed by atoms with Gasteiger partial charge in [-0.25, -0.2) is 9.78 Å². The maximum Gasteiger partial charge on any atom is 0.409 e. The van der Waals surface area contributed by atoms with E-state index in [9.17, 15) is 35.9 Å². The van der Waals surface area contributed by atoms with Crippen LogP contribution < -0.4 is 5.32 Å². The fraction of sp³-hybridized carbons (Fsp3) is 0.444. The number of carbonyl (C=O) groups is 2. The highest BCUT2D eigenvalue weighted by Gasteiger charge is 2.61. The van der Waals surface area contributed by atoms with E-state index < -0.39 is 42.4 Å². The number of aromatic nitrogens is 1. The number of nitrogens with zero attached hydrogens (tertiary/aromatic N) is 1. The van der Waals surface area contributed by atoms with Crippen molar-refractivity contribution < 1.29 is 41.0 Å². The lowest BCUT2D eigenvalue weighted by Gasteiger charge is -2.21. The molecule has 21 heavy (non-hydrogen) atoms. The molecule has 1 aromatic heterocycles. The number of carbonyl (C=O) groups excluding carboxylic acids is 1. The number of hydrogen-bond acceptors (Lipinski definition) is 4. The lowest BCUT2D eigenvalue weighted by molar-refractivity contribution is -0.274.